The summed E-state index contributed by atoms with van der Waals surface area (Å²) in [4.78, 5) is 23.9. The Hall–Kier alpha value is -4.74. The number of hydrogen-bond acceptors (Lipinski definition) is 8. The number of carbonyl (C=O) groups excluding carboxylic acids is 1. The third-order valence-electron chi connectivity index (χ3n) is 6.93. The quantitative estimate of drug-likeness (QED) is 0.186. The van der Waals surface area contributed by atoms with Crippen molar-refractivity contribution < 1.29 is 23.0 Å². The molecule has 3 aromatic carbocycles. The number of amides is 1. The SMILES string of the molecule is COc1ncc(-c2ccc3nc(Nc4ccc(C(=O)N5CCOCC5)cc4)ccc3c2)cc1NSc1ccc(F)cc1F. The normalized spacial score (nSPS) is 13.1. The summed E-state index contributed by atoms with van der Waals surface area (Å²) < 4.78 is 41.2. The number of carbonyl (C=O) groups is 1. The number of ether oxygens (including phenoxy) is 2. The molecule has 3 heterocycles. The fourth-order valence-corrected chi connectivity index (χ4v) is 5.34. The van der Waals surface area contributed by atoms with Gasteiger partial charge < -0.3 is 24.4 Å². The van der Waals surface area contributed by atoms with E-state index in [4.69, 9.17) is 14.5 Å². The highest BCUT2D eigenvalue weighted by Gasteiger charge is 2.18. The van der Waals surface area contributed by atoms with E-state index in [0.717, 1.165) is 45.7 Å². The summed E-state index contributed by atoms with van der Waals surface area (Å²) >= 11 is 1.00. The van der Waals surface area contributed by atoms with Gasteiger partial charge in [-0.05, 0) is 84.2 Å². The van der Waals surface area contributed by atoms with Crippen LogP contribution in [0.4, 0.5) is 26.0 Å². The van der Waals surface area contributed by atoms with Crippen molar-refractivity contribution in [3.8, 4) is 17.0 Å². The van der Waals surface area contributed by atoms with Crippen LogP contribution in [0.3, 0.4) is 0 Å². The first-order valence-corrected chi connectivity index (χ1v) is 14.4. The molecule has 218 valence electrons. The van der Waals surface area contributed by atoms with Gasteiger partial charge in [-0.25, -0.2) is 18.7 Å². The van der Waals surface area contributed by atoms with E-state index in [2.05, 4.69) is 15.0 Å². The number of halogens is 2. The second-order valence-corrected chi connectivity index (χ2v) is 10.6. The Balaban J connectivity index is 1.16. The average Bonchev–Trinajstić information content (AvgIpc) is 3.04. The largest absolute Gasteiger partial charge is 0.480 e. The molecule has 0 saturated carbocycles. The summed E-state index contributed by atoms with van der Waals surface area (Å²) in [7, 11) is 1.50. The minimum Gasteiger partial charge on any atom is -0.480 e. The number of hydrogen-bond donors (Lipinski definition) is 2. The molecule has 2 N–H and O–H groups in total. The van der Waals surface area contributed by atoms with Crippen LogP contribution >= 0.6 is 11.9 Å². The van der Waals surface area contributed by atoms with E-state index in [0.29, 0.717) is 49.3 Å². The number of pyridine rings is 2. The van der Waals surface area contributed by atoms with Crippen molar-refractivity contribution in [3.05, 3.63) is 102 Å². The lowest BCUT2D eigenvalue weighted by atomic mass is 10.0. The molecule has 1 amide bonds. The van der Waals surface area contributed by atoms with E-state index in [9.17, 15) is 13.6 Å². The zero-order valence-corrected chi connectivity index (χ0v) is 24.0. The maximum absolute atomic E-state index is 14.1. The Morgan fingerprint density at radius 3 is 2.53 bits per heavy atom. The average molecular weight is 600 g/mol. The van der Waals surface area contributed by atoms with Crippen LogP contribution in [0, 0.1) is 11.6 Å². The zero-order valence-electron chi connectivity index (χ0n) is 23.1. The predicted molar refractivity (Wildman–Crippen MR) is 164 cm³/mol. The monoisotopic (exact) mass is 599 g/mol. The van der Waals surface area contributed by atoms with Gasteiger partial charge >= 0.3 is 0 Å². The number of nitrogens with one attached hydrogen (secondary N) is 2. The Morgan fingerprint density at radius 1 is 0.953 bits per heavy atom. The number of rotatable bonds is 8. The van der Waals surface area contributed by atoms with Gasteiger partial charge in [0.1, 0.15) is 23.1 Å². The number of benzene rings is 3. The fourth-order valence-electron chi connectivity index (χ4n) is 4.68. The molecule has 0 atom stereocenters. The standard InChI is InChI=1S/C32H27F2N5O3S/c1-41-31-28(38-43-29-10-6-24(33)18-26(29)34)17-23(19-35-31)21-4-9-27-22(16-21)5-11-30(37-27)36-25-7-2-20(3-8-25)32(40)39-12-14-42-15-13-39/h2-11,16-19,38H,12-15H2,1H3,(H,36,37). The minimum atomic E-state index is -0.660. The van der Waals surface area contributed by atoms with E-state index < -0.39 is 11.6 Å². The van der Waals surface area contributed by atoms with E-state index in [1.165, 1.54) is 19.2 Å². The fraction of sp³-hybridized carbons (Fsp3) is 0.156. The van der Waals surface area contributed by atoms with Crippen molar-refractivity contribution in [2.75, 3.05) is 43.5 Å². The van der Waals surface area contributed by atoms with Crippen molar-refractivity contribution in [1.29, 1.82) is 0 Å². The molecular formula is C32H27F2N5O3S. The van der Waals surface area contributed by atoms with Gasteiger partial charge in [0, 0.05) is 47.6 Å². The highest BCUT2D eigenvalue weighted by Crippen LogP contribution is 2.33. The number of aromatic nitrogens is 2. The number of anilines is 3. The van der Waals surface area contributed by atoms with Crippen LogP contribution in [0.2, 0.25) is 0 Å². The lowest BCUT2D eigenvalue weighted by molar-refractivity contribution is 0.0303. The van der Waals surface area contributed by atoms with Crippen LogP contribution in [0.5, 0.6) is 5.88 Å². The topological polar surface area (TPSA) is 88.6 Å². The second kappa shape index (κ2) is 12.6. The molecule has 11 heteroatoms. The molecule has 5 aromatic rings. The van der Waals surface area contributed by atoms with Crippen LogP contribution in [-0.2, 0) is 4.74 Å². The van der Waals surface area contributed by atoms with E-state index >= 15 is 0 Å². The lowest BCUT2D eigenvalue weighted by Crippen LogP contribution is -2.40. The summed E-state index contributed by atoms with van der Waals surface area (Å²) in [6, 6.07) is 22.4. The van der Waals surface area contributed by atoms with Crippen LogP contribution in [0.1, 0.15) is 10.4 Å². The molecule has 0 radical (unpaired) electrons. The van der Waals surface area contributed by atoms with Crippen LogP contribution in [-0.4, -0.2) is 54.2 Å². The molecule has 1 aliphatic heterocycles. The number of methoxy groups -OCH3 is 1. The number of nitrogens with zero attached hydrogens (tertiary/aromatic N) is 3. The molecule has 0 aliphatic carbocycles. The molecule has 8 nitrogen and oxygen atoms in total. The first-order chi connectivity index (χ1) is 21.0. The molecule has 0 unspecified atom stereocenters. The zero-order chi connectivity index (χ0) is 29.8. The molecule has 1 fully saturated rings. The van der Waals surface area contributed by atoms with Crippen molar-refractivity contribution in [3.63, 3.8) is 0 Å². The highest BCUT2D eigenvalue weighted by atomic mass is 32.2. The summed E-state index contributed by atoms with van der Waals surface area (Å²) in [5.74, 6) is -0.272. The van der Waals surface area contributed by atoms with E-state index in [1.807, 2.05) is 60.7 Å². The summed E-state index contributed by atoms with van der Waals surface area (Å²) in [5.41, 5.74) is 4.54. The maximum atomic E-state index is 14.1. The van der Waals surface area contributed by atoms with Gasteiger partial charge in [-0.15, -0.1) is 0 Å². The molecule has 0 spiro atoms. The van der Waals surface area contributed by atoms with Crippen LogP contribution in [0.25, 0.3) is 22.0 Å². The Labute approximate surface area is 251 Å². The second-order valence-electron chi connectivity index (χ2n) is 9.77. The van der Waals surface area contributed by atoms with Gasteiger partial charge in [0.25, 0.3) is 5.91 Å². The molecule has 1 saturated heterocycles. The van der Waals surface area contributed by atoms with Gasteiger partial charge in [-0.1, -0.05) is 6.07 Å². The molecule has 0 bridgehead atoms. The number of morpholine rings is 1. The van der Waals surface area contributed by atoms with Gasteiger partial charge in [-0.2, -0.15) is 0 Å². The van der Waals surface area contributed by atoms with Crippen molar-refractivity contribution in [1.82, 2.24) is 14.9 Å². The Morgan fingerprint density at radius 2 is 1.77 bits per heavy atom. The van der Waals surface area contributed by atoms with Gasteiger partial charge in [0.15, 0.2) is 0 Å². The smallest absolute Gasteiger partial charge is 0.254 e. The summed E-state index contributed by atoms with van der Waals surface area (Å²) in [6.45, 7) is 2.34. The van der Waals surface area contributed by atoms with Crippen LogP contribution in [0.15, 0.2) is 90.0 Å². The first kappa shape index (κ1) is 28.4. The maximum Gasteiger partial charge on any atom is 0.254 e. The van der Waals surface area contributed by atoms with Crippen molar-refractivity contribution >= 4 is 46.0 Å². The van der Waals surface area contributed by atoms with Gasteiger partial charge in [0.05, 0.1) is 30.7 Å². The molecule has 1 aliphatic rings. The minimum absolute atomic E-state index is 0.00461. The Kier molecular flexibility index (Phi) is 8.34. The highest BCUT2D eigenvalue weighted by molar-refractivity contribution is 8.00. The third-order valence-corrected chi connectivity index (χ3v) is 7.81. The first-order valence-electron chi connectivity index (χ1n) is 13.5. The van der Waals surface area contributed by atoms with Gasteiger partial charge in [-0.3, -0.25) is 4.79 Å². The third kappa shape index (κ3) is 6.52. The number of fused-ring (bicyclic) bond motifs is 1. The summed E-state index contributed by atoms with van der Waals surface area (Å²) in [6.07, 6.45) is 1.70. The van der Waals surface area contributed by atoms with Crippen molar-refractivity contribution in [2.45, 2.75) is 4.90 Å². The van der Waals surface area contributed by atoms with Crippen LogP contribution < -0.4 is 14.8 Å². The summed E-state index contributed by atoms with van der Waals surface area (Å²) in [5, 5.41) is 4.24. The predicted octanol–water partition coefficient (Wildman–Crippen LogP) is 6.92. The van der Waals surface area contributed by atoms with E-state index in [1.54, 1.807) is 11.1 Å². The molecule has 43 heavy (non-hydrogen) atoms. The molecule has 2 aromatic heterocycles. The molecule has 6 rings (SSSR count). The molecular weight excluding hydrogens is 572 g/mol. The van der Waals surface area contributed by atoms with E-state index in [-0.39, 0.29) is 10.8 Å². The lowest BCUT2D eigenvalue weighted by Gasteiger charge is -2.26. The van der Waals surface area contributed by atoms with Crippen molar-refractivity contribution in [2.24, 2.45) is 0 Å². The Bertz CT molecular complexity index is 1780. The van der Waals surface area contributed by atoms with Gasteiger partial charge in [0.2, 0.25) is 5.88 Å².